The lowest BCUT2D eigenvalue weighted by Crippen LogP contribution is -2.48. The molecule has 29 heavy (non-hydrogen) atoms. The van der Waals surface area contributed by atoms with E-state index in [2.05, 4.69) is 21.6 Å². The Kier molecular flexibility index (Phi) is 5.69. The first-order chi connectivity index (χ1) is 14.0. The molecule has 8 heteroatoms. The Bertz CT molecular complexity index is 1190. The summed E-state index contributed by atoms with van der Waals surface area (Å²) in [7, 11) is -1.44. The number of nitrogens with zero attached hydrogens (tertiary/aromatic N) is 4. The first kappa shape index (κ1) is 20.0. The first-order valence-corrected chi connectivity index (χ1v) is 11.5. The molecule has 0 atom stereocenters. The summed E-state index contributed by atoms with van der Waals surface area (Å²) in [6.45, 7) is 2.94. The second kappa shape index (κ2) is 8.23. The molecule has 2 heterocycles. The highest BCUT2D eigenvalue weighted by molar-refractivity contribution is 7.92. The van der Waals surface area contributed by atoms with E-state index in [1.54, 1.807) is 10.4 Å². The van der Waals surface area contributed by atoms with Crippen molar-refractivity contribution < 1.29 is 8.42 Å². The van der Waals surface area contributed by atoms with Gasteiger partial charge in [0, 0.05) is 38.6 Å². The van der Waals surface area contributed by atoms with Crippen molar-refractivity contribution in [2.24, 2.45) is 7.05 Å². The van der Waals surface area contributed by atoms with Crippen LogP contribution in [0.1, 0.15) is 5.56 Å². The molecule has 3 aromatic rings. The van der Waals surface area contributed by atoms with Crippen molar-refractivity contribution >= 4 is 39.4 Å². The van der Waals surface area contributed by atoms with Crippen molar-refractivity contribution in [2.45, 2.75) is 6.67 Å². The lowest BCUT2D eigenvalue weighted by molar-refractivity contribution is 0.154. The minimum Gasteiger partial charge on any atom is -0.320 e. The Morgan fingerprint density at radius 1 is 0.931 bits per heavy atom. The largest absolute Gasteiger partial charge is 0.320 e. The highest BCUT2D eigenvalue weighted by Gasteiger charge is 2.25. The van der Waals surface area contributed by atoms with Gasteiger partial charge in [0.2, 0.25) is 10.0 Å². The average Bonchev–Trinajstić information content (AvgIpc) is 2.99. The van der Waals surface area contributed by atoms with E-state index in [1.807, 2.05) is 54.1 Å². The van der Waals surface area contributed by atoms with Crippen molar-refractivity contribution in [1.82, 2.24) is 18.3 Å². The van der Waals surface area contributed by atoms with Gasteiger partial charge in [-0.15, -0.1) is 0 Å². The number of hydrogen-bond donors (Lipinski definition) is 0. The minimum absolute atomic E-state index is 0.472. The van der Waals surface area contributed by atoms with Gasteiger partial charge in [0.1, 0.15) is 0 Å². The number of aryl methyl sites for hydroxylation is 1. The van der Waals surface area contributed by atoms with E-state index in [0.717, 1.165) is 21.4 Å². The maximum atomic E-state index is 12.7. The van der Waals surface area contributed by atoms with Crippen LogP contribution in [0.2, 0.25) is 0 Å². The van der Waals surface area contributed by atoms with Gasteiger partial charge in [-0.3, -0.25) is 4.90 Å². The number of fused-ring (bicyclic) bond motifs is 1. The van der Waals surface area contributed by atoms with Crippen LogP contribution in [0.25, 0.3) is 17.1 Å². The van der Waals surface area contributed by atoms with Gasteiger partial charge in [0.15, 0.2) is 4.77 Å². The zero-order chi connectivity index (χ0) is 20.4. The third-order valence-electron chi connectivity index (χ3n) is 5.32. The number of aromatic nitrogens is 2. The van der Waals surface area contributed by atoms with Gasteiger partial charge in [0.25, 0.3) is 0 Å². The Morgan fingerprint density at radius 2 is 1.55 bits per heavy atom. The van der Waals surface area contributed by atoms with Crippen LogP contribution in [0.5, 0.6) is 0 Å². The van der Waals surface area contributed by atoms with Crippen LogP contribution in [-0.4, -0.2) is 52.9 Å². The smallest absolute Gasteiger partial charge is 0.236 e. The number of rotatable bonds is 5. The summed E-state index contributed by atoms with van der Waals surface area (Å²) in [6, 6.07) is 17.6. The standard InChI is InChI=1S/C21H24N4O2S2/c1-22-19-9-5-6-10-20(19)25(21(22)28)17-23-12-14-24(15-13-23)29(26,27)16-11-18-7-3-2-4-8-18/h2-11,16H,12-15,17H2,1H3/b16-11+. The van der Waals surface area contributed by atoms with Gasteiger partial charge < -0.3 is 9.13 Å². The minimum atomic E-state index is -3.42. The molecule has 2 aromatic carbocycles. The van der Waals surface area contributed by atoms with Crippen LogP contribution < -0.4 is 0 Å². The van der Waals surface area contributed by atoms with Crippen molar-refractivity contribution in [3.05, 3.63) is 70.3 Å². The highest BCUT2D eigenvalue weighted by atomic mass is 32.2. The second-order valence-corrected chi connectivity index (χ2v) is 9.36. The second-order valence-electron chi connectivity index (χ2n) is 7.18. The number of imidazole rings is 1. The molecule has 0 amide bonds. The molecule has 0 bridgehead atoms. The zero-order valence-corrected chi connectivity index (χ0v) is 17.9. The Morgan fingerprint density at radius 3 is 2.24 bits per heavy atom. The van der Waals surface area contributed by atoms with Crippen molar-refractivity contribution in [3.8, 4) is 0 Å². The van der Waals surface area contributed by atoms with E-state index in [0.29, 0.717) is 32.8 Å². The van der Waals surface area contributed by atoms with Crippen molar-refractivity contribution in [2.75, 3.05) is 26.2 Å². The predicted molar refractivity (Wildman–Crippen MR) is 119 cm³/mol. The molecule has 1 saturated heterocycles. The summed E-state index contributed by atoms with van der Waals surface area (Å²) in [5, 5.41) is 1.30. The van der Waals surface area contributed by atoms with Crippen LogP contribution in [0.3, 0.4) is 0 Å². The molecule has 1 fully saturated rings. The lowest BCUT2D eigenvalue weighted by Gasteiger charge is -2.33. The summed E-state index contributed by atoms with van der Waals surface area (Å²) in [6.07, 6.45) is 1.65. The maximum absolute atomic E-state index is 12.7. The third-order valence-corrected chi connectivity index (χ3v) is 7.38. The number of benzene rings is 2. The zero-order valence-electron chi connectivity index (χ0n) is 16.3. The topological polar surface area (TPSA) is 50.5 Å². The van der Waals surface area contributed by atoms with Gasteiger partial charge in [-0.25, -0.2) is 8.42 Å². The average molecular weight is 429 g/mol. The molecule has 0 radical (unpaired) electrons. The molecule has 0 saturated carbocycles. The fraction of sp³-hybridized carbons (Fsp3) is 0.286. The van der Waals surface area contributed by atoms with Crippen LogP contribution in [0.4, 0.5) is 0 Å². The molecule has 0 aliphatic carbocycles. The quantitative estimate of drug-likeness (QED) is 0.585. The number of hydrogen-bond acceptors (Lipinski definition) is 4. The summed E-state index contributed by atoms with van der Waals surface area (Å²) in [5.74, 6) is 0. The van der Waals surface area contributed by atoms with Crippen LogP contribution in [-0.2, 0) is 23.7 Å². The van der Waals surface area contributed by atoms with E-state index in [-0.39, 0.29) is 0 Å². The highest BCUT2D eigenvalue weighted by Crippen LogP contribution is 2.18. The van der Waals surface area contributed by atoms with Gasteiger partial charge in [-0.1, -0.05) is 42.5 Å². The van der Waals surface area contributed by atoms with E-state index >= 15 is 0 Å². The van der Waals surface area contributed by atoms with Crippen LogP contribution >= 0.6 is 12.2 Å². The monoisotopic (exact) mass is 428 g/mol. The van der Waals surface area contributed by atoms with Crippen LogP contribution in [0, 0.1) is 4.77 Å². The molecule has 4 rings (SSSR count). The van der Waals surface area contributed by atoms with E-state index in [9.17, 15) is 8.42 Å². The Balaban J connectivity index is 1.43. The maximum Gasteiger partial charge on any atom is 0.236 e. The fourth-order valence-electron chi connectivity index (χ4n) is 3.64. The number of sulfonamides is 1. The Labute approximate surface area is 176 Å². The molecule has 1 aliphatic rings. The molecule has 1 aromatic heterocycles. The summed E-state index contributed by atoms with van der Waals surface area (Å²) < 4.78 is 31.7. The van der Waals surface area contributed by atoms with Crippen molar-refractivity contribution in [1.29, 1.82) is 0 Å². The molecule has 1 aliphatic heterocycles. The summed E-state index contributed by atoms with van der Waals surface area (Å²) in [5.41, 5.74) is 3.07. The molecular formula is C21H24N4O2S2. The van der Waals surface area contributed by atoms with Crippen molar-refractivity contribution in [3.63, 3.8) is 0 Å². The molecule has 6 nitrogen and oxygen atoms in total. The Hall–Kier alpha value is -2.26. The van der Waals surface area contributed by atoms with Gasteiger partial charge in [-0.05, 0) is 36.0 Å². The molecular weight excluding hydrogens is 404 g/mol. The van der Waals surface area contributed by atoms with Gasteiger partial charge in [0.05, 0.1) is 17.7 Å². The van der Waals surface area contributed by atoms with E-state index < -0.39 is 10.0 Å². The molecule has 0 unspecified atom stereocenters. The SMILES string of the molecule is Cn1c(=S)n(CN2CCN(S(=O)(=O)/C=C/c3ccccc3)CC2)c2ccccc21. The summed E-state index contributed by atoms with van der Waals surface area (Å²) in [4.78, 5) is 2.25. The molecule has 0 spiro atoms. The first-order valence-electron chi connectivity index (χ1n) is 9.55. The van der Waals surface area contributed by atoms with E-state index in [4.69, 9.17) is 12.2 Å². The van der Waals surface area contributed by atoms with Crippen LogP contribution in [0.15, 0.2) is 60.0 Å². The van der Waals surface area contributed by atoms with Gasteiger partial charge in [-0.2, -0.15) is 4.31 Å². The lowest BCUT2D eigenvalue weighted by atomic mass is 10.2. The number of para-hydroxylation sites is 2. The van der Waals surface area contributed by atoms with E-state index in [1.165, 1.54) is 5.41 Å². The fourth-order valence-corrected chi connectivity index (χ4v) is 5.07. The molecule has 0 N–H and O–H groups in total. The van der Waals surface area contributed by atoms with Gasteiger partial charge >= 0.3 is 0 Å². The summed E-state index contributed by atoms with van der Waals surface area (Å²) >= 11 is 5.61. The number of piperazine rings is 1. The third kappa shape index (κ3) is 4.20. The normalized spacial score (nSPS) is 16.7. The predicted octanol–water partition coefficient (Wildman–Crippen LogP) is 3.29. The molecule has 152 valence electrons.